The predicted octanol–water partition coefficient (Wildman–Crippen LogP) is 4.84. The molecule has 0 aliphatic heterocycles. The van der Waals surface area contributed by atoms with Gasteiger partial charge in [-0.15, -0.1) is 5.10 Å². The minimum atomic E-state index is -0.134. The molecule has 28 heavy (non-hydrogen) atoms. The Hall–Kier alpha value is -3.12. The number of aryl methyl sites for hydroxylation is 2. The smallest absolute Gasteiger partial charge is 0.246 e. The minimum Gasteiger partial charge on any atom is -0.324 e. The molecule has 3 aromatic carbocycles. The van der Waals surface area contributed by atoms with Gasteiger partial charge in [0.25, 0.3) is 0 Å². The van der Waals surface area contributed by atoms with Crippen molar-refractivity contribution < 1.29 is 4.79 Å². The fourth-order valence-corrected chi connectivity index (χ4v) is 3.92. The number of hydrogen-bond donors (Lipinski definition) is 1. The number of anilines is 1. The average Bonchev–Trinajstić information content (AvgIpc) is 3.09. The number of benzene rings is 3. The predicted molar refractivity (Wildman–Crippen MR) is 113 cm³/mol. The molecule has 6 heteroatoms. The molecule has 0 radical (unpaired) electrons. The number of carbonyl (C=O) groups is 1. The number of para-hydroxylation sites is 1. The molecule has 1 N–H and O–H groups in total. The van der Waals surface area contributed by atoms with Gasteiger partial charge >= 0.3 is 0 Å². The van der Waals surface area contributed by atoms with Crippen molar-refractivity contribution in [1.82, 2.24) is 15.0 Å². The van der Waals surface area contributed by atoms with E-state index in [4.69, 9.17) is 0 Å². The largest absolute Gasteiger partial charge is 0.324 e. The summed E-state index contributed by atoms with van der Waals surface area (Å²) in [6.45, 7) is 4.34. The summed E-state index contributed by atoms with van der Waals surface area (Å²) in [4.78, 5) is 14.8. The van der Waals surface area contributed by atoms with Gasteiger partial charge in [0, 0.05) is 15.5 Å². The quantitative estimate of drug-likeness (QED) is 0.532. The Bertz CT molecular complexity index is 1130. The summed E-state index contributed by atoms with van der Waals surface area (Å²) < 4.78 is 1.61. The lowest BCUT2D eigenvalue weighted by atomic mass is 10.2. The Kier molecular flexibility index (Phi) is 5.12. The molecular weight excluding hydrogens is 368 g/mol. The summed E-state index contributed by atoms with van der Waals surface area (Å²) in [7, 11) is 0. The third-order valence-corrected chi connectivity index (χ3v) is 5.59. The van der Waals surface area contributed by atoms with Crippen LogP contribution in [0.5, 0.6) is 0 Å². The van der Waals surface area contributed by atoms with Gasteiger partial charge in [0.1, 0.15) is 12.1 Å². The summed E-state index contributed by atoms with van der Waals surface area (Å²) in [6.07, 6.45) is 0. The molecule has 1 amide bonds. The van der Waals surface area contributed by atoms with Crippen LogP contribution in [-0.2, 0) is 11.3 Å². The van der Waals surface area contributed by atoms with E-state index in [0.717, 1.165) is 21.6 Å². The summed E-state index contributed by atoms with van der Waals surface area (Å²) in [5, 5.41) is 11.0. The van der Waals surface area contributed by atoms with Crippen LogP contribution >= 0.6 is 11.8 Å². The molecule has 4 aromatic rings. The number of nitrogens with zero attached hydrogens (tertiary/aromatic N) is 3. The number of amides is 1. The lowest BCUT2D eigenvalue weighted by molar-refractivity contribution is -0.116. The van der Waals surface area contributed by atoms with Crippen LogP contribution in [0.4, 0.5) is 5.69 Å². The first-order valence-corrected chi connectivity index (χ1v) is 9.83. The van der Waals surface area contributed by atoms with Gasteiger partial charge in [-0.25, -0.2) is 4.68 Å². The first-order valence-electron chi connectivity index (χ1n) is 9.02. The second kappa shape index (κ2) is 7.86. The van der Waals surface area contributed by atoms with Crippen molar-refractivity contribution >= 4 is 34.4 Å². The first kappa shape index (κ1) is 18.3. The van der Waals surface area contributed by atoms with Crippen molar-refractivity contribution in [2.24, 2.45) is 0 Å². The van der Waals surface area contributed by atoms with E-state index in [2.05, 4.69) is 47.7 Å². The van der Waals surface area contributed by atoms with Crippen molar-refractivity contribution in [2.45, 2.75) is 30.2 Å². The molecule has 1 heterocycles. The van der Waals surface area contributed by atoms with E-state index in [-0.39, 0.29) is 12.5 Å². The van der Waals surface area contributed by atoms with Crippen molar-refractivity contribution in [1.29, 1.82) is 0 Å². The molecule has 0 atom stereocenters. The lowest BCUT2D eigenvalue weighted by Gasteiger charge is -2.09. The van der Waals surface area contributed by atoms with Crippen LogP contribution in [0.3, 0.4) is 0 Å². The zero-order chi connectivity index (χ0) is 19.5. The number of hydrogen-bond acceptors (Lipinski definition) is 4. The van der Waals surface area contributed by atoms with Gasteiger partial charge in [0.2, 0.25) is 5.91 Å². The maximum atomic E-state index is 12.4. The van der Waals surface area contributed by atoms with Gasteiger partial charge < -0.3 is 5.32 Å². The van der Waals surface area contributed by atoms with E-state index in [1.54, 1.807) is 16.4 Å². The Morgan fingerprint density at radius 2 is 1.82 bits per heavy atom. The second-order valence-corrected chi connectivity index (χ2v) is 7.79. The molecule has 140 valence electrons. The molecule has 0 aliphatic rings. The third-order valence-electron chi connectivity index (χ3n) is 4.42. The number of nitrogens with one attached hydrogen (secondary N) is 1. The van der Waals surface area contributed by atoms with Crippen molar-refractivity contribution in [2.75, 3.05) is 5.32 Å². The van der Waals surface area contributed by atoms with Gasteiger partial charge in [-0.2, -0.15) is 0 Å². The summed E-state index contributed by atoms with van der Waals surface area (Å²) >= 11 is 1.73. The maximum Gasteiger partial charge on any atom is 0.246 e. The molecule has 0 saturated heterocycles. The highest BCUT2D eigenvalue weighted by molar-refractivity contribution is 7.99. The van der Waals surface area contributed by atoms with Gasteiger partial charge in [0.15, 0.2) is 0 Å². The molecule has 0 aliphatic carbocycles. The zero-order valence-corrected chi connectivity index (χ0v) is 16.5. The molecule has 5 nitrogen and oxygen atoms in total. The minimum absolute atomic E-state index is 0.125. The van der Waals surface area contributed by atoms with Crippen LogP contribution in [0.15, 0.2) is 76.5 Å². The molecule has 0 spiro atoms. The molecule has 0 unspecified atom stereocenters. The molecule has 0 fully saturated rings. The number of aromatic nitrogens is 3. The summed E-state index contributed by atoms with van der Waals surface area (Å²) in [5.74, 6) is -0.134. The standard InChI is InChI=1S/C22H20N4OS/c1-15-7-8-16(2)21(13-15)28-18-11-9-17(10-12-18)23-22(27)14-26-20-6-4-3-5-19(20)24-25-26/h3-13H,14H2,1-2H3,(H,23,27). The van der Waals surface area contributed by atoms with Gasteiger partial charge in [-0.05, 0) is 67.4 Å². The zero-order valence-electron chi connectivity index (χ0n) is 15.7. The molecule has 0 bridgehead atoms. The van der Waals surface area contributed by atoms with Crippen LogP contribution in [0.2, 0.25) is 0 Å². The third kappa shape index (κ3) is 4.07. The highest BCUT2D eigenvalue weighted by atomic mass is 32.2. The Morgan fingerprint density at radius 1 is 1.04 bits per heavy atom. The highest BCUT2D eigenvalue weighted by Crippen LogP contribution is 2.31. The van der Waals surface area contributed by atoms with Crippen LogP contribution in [0.1, 0.15) is 11.1 Å². The summed E-state index contributed by atoms with van der Waals surface area (Å²) in [6, 6.07) is 21.9. The van der Waals surface area contributed by atoms with E-state index in [0.29, 0.717) is 0 Å². The first-order chi connectivity index (χ1) is 13.6. The SMILES string of the molecule is Cc1ccc(C)c(Sc2ccc(NC(=O)Cn3nnc4ccccc43)cc2)c1. The number of carbonyl (C=O) groups excluding carboxylic acids is 1. The van der Waals surface area contributed by atoms with E-state index in [9.17, 15) is 4.79 Å². The topological polar surface area (TPSA) is 59.8 Å². The van der Waals surface area contributed by atoms with E-state index in [1.165, 1.54) is 16.0 Å². The number of rotatable bonds is 5. The molecule has 1 aromatic heterocycles. The second-order valence-electron chi connectivity index (χ2n) is 6.68. The van der Waals surface area contributed by atoms with Crippen molar-refractivity contribution in [3.63, 3.8) is 0 Å². The number of fused-ring (bicyclic) bond motifs is 1. The van der Waals surface area contributed by atoms with E-state index >= 15 is 0 Å². The van der Waals surface area contributed by atoms with E-state index in [1.807, 2.05) is 48.5 Å². The monoisotopic (exact) mass is 388 g/mol. The molecule has 4 rings (SSSR count). The Balaban J connectivity index is 1.41. The van der Waals surface area contributed by atoms with Crippen LogP contribution in [0.25, 0.3) is 11.0 Å². The fourth-order valence-electron chi connectivity index (χ4n) is 2.92. The Labute approximate surface area is 167 Å². The van der Waals surface area contributed by atoms with Crippen molar-refractivity contribution in [3.8, 4) is 0 Å². The molecule has 0 saturated carbocycles. The van der Waals surface area contributed by atoms with E-state index < -0.39 is 0 Å². The normalized spacial score (nSPS) is 10.9. The van der Waals surface area contributed by atoms with Gasteiger partial charge in [0.05, 0.1) is 5.52 Å². The van der Waals surface area contributed by atoms with Crippen LogP contribution in [-0.4, -0.2) is 20.9 Å². The average molecular weight is 388 g/mol. The lowest BCUT2D eigenvalue weighted by Crippen LogP contribution is -2.19. The maximum absolute atomic E-state index is 12.4. The highest BCUT2D eigenvalue weighted by Gasteiger charge is 2.09. The summed E-state index contributed by atoms with van der Waals surface area (Å²) in [5.41, 5.74) is 4.89. The van der Waals surface area contributed by atoms with Crippen LogP contribution < -0.4 is 5.32 Å². The molecular formula is C22H20N4OS. The van der Waals surface area contributed by atoms with Crippen LogP contribution in [0, 0.1) is 13.8 Å². The van der Waals surface area contributed by atoms with Crippen molar-refractivity contribution in [3.05, 3.63) is 77.9 Å². The van der Waals surface area contributed by atoms with Gasteiger partial charge in [-0.1, -0.05) is 41.2 Å². The fraction of sp³-hybridized carbons (Fsp3) is 0.136. The Morgan fingerprint density at radius 3 is 2.64 bits per heavy atom. The van der Waals surface area contributed by atoms with Gasteiger partial charge in [-0.3, -0.25) is 4.79 Å².